The van der Waals surface area contributed by atoms with Gasteiger partial charge in [0.25, 0.3) is 0 Å². The van der Waals surface area contributed by atoms with Gasteiger partial charge in [0.05, 0.1) is 7.11 Å². The van der Waals surface area contributed by atoms with Gasteiger partial charge in [0.1, 0.15) is 0 Å². The smallest absolute Gasteiger partial charge is 0.307 e. The number of rotatable bonds is 2. The van der Waals surface area contributed by atoms with Crippen molar-refractivity contribution in [3.63, 3.8) is 0 Å². The lowest BCUT2D eigenvalue weighted by Crippen LogP contribution is -2.20. The minimum atomic E-state index is -4.16. The number of hydrogen-bond donors (Lipinski definition) is 1. The second-order valence-corrected chi connectivity index (χ2v) is 3.84. The van der Waals surface area contributed by atoms with E-state index in [2.05, 4.69) is 37.0 Å². The van der Waals surface area contributed by atoms with Crippen LogP contribution in [-0.4, -0.2) is 45.1 Å². The zero-order valence-corrected chi connectivity index (χ0v) is 8.92. The van der Waals surface area contributed by atoms with Gasteiger partial charge in [-0.3, -0.25) is 8.74 Å². The predicted octanol–water partition coefficient (Wildman–Crippen LogP) is 0.392. The Labute approximate surface area is 74.3 Å². The van der Waals surface area contributed by atoms with Crippen molar-refractivity contribution in [1.29, 1.82) is 0 Å². The lowest BCUT2D eigenvalue weighted by Gasteiger charge is -2.12. The Morgan fingerprint density at radius 2 is 1.50 bits per heavy atom. The summed E-state index contributed by atoms with van der Waals surface area (Å²) in [5.41, 5.74) is 0. The molecule has 0 fully saturated rings. The molecule has 76 valence electrons. The van der Waals surface area contributed by atoms with Gasteiger partial charge in [-0.1, -0.05) is 0 Å². The zero-order chi connectivity index (χ0) is 10.4. The third kappa shape index (κ3) is 16.4. The molecule has 0 bridgehead atoms. The highest BCUT2D eigenvalue weighted by molar-refractivity contribution is 7.80. The first kappa shape index (κ1) is 14.4. The Morgan fingerprint density at radius 3 is 1.50 bits per heavy atom. The summed E-state index contributed by atoms with van der Waals surface area (Å²) in [6.07, 6.45) is 0. The third-order valence-electron chi connectivity index (χ3n) is 1.24. The molecule has 0 radical (unpaired) electrons. The van der Waals surface area contributed by atoms with Crippen molar-refractivity contribution in [3.8, 4) is 0 Å². The monoisotopic (exact) mass is 199 g/mol. The molecule has 0 aliphatic carbocycles. The van der Waals surface area contributed by atoms with E-state index in [0.717, 1.165) is 7.11 Å². The van der Waals surface area contributed by atoms with Gasteiger partial charge in [0.2, 0.25) is 0 Å². The molecule has 0 heterocycles. The summed E-state index contributed by atoms with van der Waals surface area (Å²) in [5, 5.41) is 0. The molecule has 1 N–H and O–H groups in total. The van der Waals surface area contributed by atoms with Crippen LogP contribution in [0.1, 0.15) is 13.8 Å². The third-order valence-corrected chi connectivity index (χ3v) is 1.66. The first-order chi connectivity index (χ1) is 5.20. The van der Waals surface area contributed by atoms with Crippen LogP contribution in [0.2, 0.25) is 0 Å². The van der Waals surface area contributed by atoms with Crippen molar-refractivity contribution in [2.24, 2.45) is 0 Å². The Kier molecular flexibility index (Phi) is 7.61. The van der Waals surface area contributed by atoms with Crippen LogP contribution in [0, 0.1) is 0 Å². The Morgan fingerprint density at radius 1 is 1.33 bits per heavy atom. The van der Waals surface area contributed by atoms with E-state index in [4.69, 9.17) is 4.55 Å². The van der Waals surface area contributed by atoms with Crippen molar-refractivity contribution in [1.82, 2.24) is 4.90 Å². The van der Waals surface area contributed by atoms with Crippen LogP contribution in [0.3, 0.4) is 0 Å². The van der Waals surface area contributed by atoms with E-state index in [0.29, 0.717) is 6.04 Å². The maximum absolute atomic E-state index is 9.33. The van der Waals surface area contributed by atoms with Crippen molar-refractivity contribution in [2.75, 3.05) is 21.2 Å². The molecule has 0 atom stereocenters. The molecule has 0 spiro atoms. The van der Waals surface area contributed by atoms with Crippen molar-refractivity contribution >= 4 is 10.4 Å². The molecule has 0 aliphatic heterocycles. The molecule has 12 heavy (non-hydrogen) atoms. The summed E-state index contributed by atoms with van der Waals surface area (Å²) in [7, 11) is 0.856. The molecule has 0 aromatic rings. The maximum Gasteiger partial charge on any atom is 0.397 e. The highest BCUT2D eigenvalue weighted by Crippen LogP contribution is 1.84. The fraction of sp³-hybridized carbons (Fsp3) is 1.00. The molecule has 0 saturated carbocycles. The topological polar surface area (TPSA) is 66.8 Å². The van der Waals surface area contributed by atoms with E-state index >= 15 is 0 Å². The fourth-order valence-corrected chi connectivity index (χ4v) is 0. The molecule has 0 aliphatic rings. The SMILES string of the molecule is CC(C)N(C)C.COS(=O)(=O)O. The molecule has 0 amide bonds. The summed E-state index contributed by atoms with van der Waals surface area (Å²) in [6.45, 7) is 4.33. The largest absolute Gasteiger partial charge is 0.397 e. The molecular weight excluding hydrogens is 182 g/mol. The van der Waals surface area contributed by atoms with Gasteiger partial charge < -0.3 is 4.90 Å². The Bertz CT molecular complexity index is 180. The van der Waals surface area contributed by atoms with Crippen LogP contribution in [-0.2, 0) is 14.6 Å². The van der Waals surface area contributed by atoms with E-state index in [1.807, 2.05) is 0 Å². The molecule has 0 aromatic heterocycles. The summed E-state index contributed by atoms with van der Waals surface area (Å²) in [4.78, 5) is 2.17. The van der Waals surface area contributed by atoms with Crippen molar-refractivity contribution in [3.05, 3.63) is 0 Å². The number of hydrogen-bond acceptors (Lipinski definition) is 4. The highest BCUT2D eigenvalue weighted by atomic mass is 32.3. The van der Waals surface area contributed by atoms with Crippen LogP contribution in [0.15, 0.2) is 0 Å². The van der Waals surface area contributed by atoms with Gasteiger partial charge in [-0.05, 0) is 27.9 Å². The standard InChI is InChI=1S/C5H13N.CH4O4S/c1-5(2)6(3)4;1-5-6(2,3)4/h5H,1-4H3;1H3,(H,2,3,4). The van der Waals surface area contributed by atoms with Gasteiger partial charge >= 0.3 is 10.4 Å². The van der Waals surface area contributed by atoms with Gasteiger partial charge in [-0.15, -0.1) is 0 Å². The fourth-order valence-electron chi connectivity index (χ4n) is 0. The Balaban J connectivity index is 0. The highest BCUT2D eigenvalue weighted by Gasteiger charge is 1.94. The van der Waals surface area contributed by atoms with E-state index < -0.39 is 10.4 Å². The van der Waals surface area contributed by atoms with Gasteiger partial charge in [0.15, 0.2) is 0 Å². The quantitative estimate of drug-likeness (QED) is 0.652. The van der Waals surface area contributed by atoms with Crippen molar-refractivity contribution < 1.29 is 17.2 Å². The van der Waals surface area contributed by atoms with Crippen molar-refractivity contribution in [2.45, 2.75) is 19.9 Å². The molecule has 5 nitrogen and oxygen atoms in total. The maximum atomic E-state index is 9.33. The van der Waals surface area contributed by atoms with Crippen LogP contribution in [0.4, 0.5) is 0 Å². The van der Waals surface area contributed by atoms with Crippen LogP contribution in [0.25, 0.3) is 0 Å². The van der Waals surface area contributed by atoms with E-state index in [-0.39, 0.29) is 0 Å². The second kappa shape index (κ2) is 6.36. The molecule has 0 saturated heterocycles. The van der Waals surface area contributed by atoms with Gasteiger partial charge in [0, 0.05) is 6.04 Å². The molecule has 6 heteroatoms. The zero-order valence-electron chi connectivity index (χ0n) is 8.10. The van der Waals surface area contributed by atoms with Crippen LogP contribution < -0.4 is 0 Å². The first-order valence-corrected chi connectivity index (χ1v) is 4.76. The van der Waals surface area contributed by atoms with Gasteiger partial charge in [-0.25, -0.2) is 0 Å². The number of nitrogens with zero attached hydrogens (tertiary/aromatic N) is 1. The second-order valence-electron chi connectivity index (χ2n) is 2.65. The Hall–Kier alpha value is -0.170. The van der Waals surface area contributed by atoms with E-state index in [1.54, 1.807) is 0 Å². The summed E-state index contributed by atoms with van der Waals surface area (Å²) >= 11 is 0. The summed E-state index contributed by atoms with van der Waals surface area (Å²) in [5.74, 6) is 0. The lowest BCUT2D eigenvalue weighted by molar-refractivity contribution is 0.324. The predicted molar refractivity (Wildman–Crippen MR) is 47.4 cm³/mol. The van der Waals surface area contributed by atoms with E-state index in [9.17, 15) is 8.42 Å². The average molecular weight is 199 g/mol. The molecule has 0 aromatic carbocycles. The summed E-state index contributed by atoms with van der Waals surface area (Å²) in [6, 6.07) is 0.685. The molecular formula is C6H17NO4S. The average Bonchev–Trinajstić information content (AvgIpc) is 1.87. The molecule has 0 rings (SSSR count). The minimum absolute atomic E-state index is 0.685. The first-order valence-electron chi connectivity index (χ1n) is 3.40. The van der Waals surface area contributed by atoms with E-state index in [1.165, 1.54) is 0 Å². The van der Waals surface area contributed by atoms with Crippen LogP contribution in [0.5, 0.6) is 0 Å². The van der Waals surface area contributed by atoms with Crippen LogP contribution >= 0.6 is 0 Å². The minimum Gasteiger partial charge on any atom is -0.307 e. The summed E-state index contributed by atoms with van der Waals surface area (Å²) < 4.78 is 29.7. The van der Waals surface area contributed by atoms with Gasteiger partial charge in [-0.2, -0.15) is 8.42 Å². The lowest BCUT2D eigenvalue weighted by atomic mass is 10.4. The molecule has 0 unspecified atom stereocenters. The normalized spacial score (nSPS) is 11.3.